The number of nitrogens with one attached hydrogen (secondary N) is 2. The molecule has 0 radical (unpaired) electrons. The van der Waals surface area contributed by atoms with Gasteiger partial charge in [-0.15, -0.1) is 0 Å². The van der Waals surface area contributed by atoms with Crippen LogP contribution in [0.5, 0.6) is 0 Å². The molecule has 0 saturated carbocycles. The number of aryl methyl sites for hydroxylation is 1. The molecule has 0 bridgehead atoms. The van der Waals surface area contributed by atoms with Crippen LogP contribution < -0.4 is 5.32 Å². The molecule has 3 rings (SSSR count). The molecule has 1 aliphatic rings. The molecule has 2 N–H and O–H groups in total. The minimum atomic E-state index is -0.453. The van der Waals surface area contributed by atoms with Gasteiger partial charge in [-0.2, -0.15) is 0 Å². The van der Waals surface area contributed by atoms with E-state index in [1.165, 1.54) is 17.7 Å². The Bertz CT molecular complexity index is 805. The molecule has 1 aliphatic carbocycles. The van der Waals surface area contributed by atoms with Gasteiger partial charge in [-0.1, -0.05) is 20.8 Å². The fourth-order valence-corrected chi connectivity index (χ4v) is 3.69. The quantitative estimate of drug-likeness (QED) is 0.774. The molecule has 1 aromatic heterocycles. The van der Waals surface area contributed by atoms with Crippen molar-refractivity contribution < 1.29 is 14.3 Å². The monoisotopic (exact) mass is 356 g/mol. The minimum Gasteiger partial charge on any atom is -0.452 e. The van der Waals surface area contributed by atoms with Crippen molar-refractivity contribution in [3.05, 3.63) is 35.0 Å². The van der Waals surface area contributed by atoms with Crippen LogP contribution in [0.25, 0.3) is 10.9 Å². The third kappa shape index (κ3) is 3.92. The van der Waals surface area contributed by atoms with E-state index >= 15 is 0 Å². The zero-order valence-corrected chi connectivity index (χ0v) is 15.9. The summed E-state index contributed by atoms with van der Waals surface area (Å²) in [4.78, 5) is 27.7. The number of carbonyl (C=O) groups is 2. The third-order valence-electron chi connectivity index (χ3n) is 5.36. The first-order valence-electron chi connectivity index (χ1n) is 9.61. The Kier molecular flexibility index (Phi) is 5.64. The second-order valence-corrected chi connectivity index (χ2v) is 7.35. The average molecular weight is 356 g/mol. The van der Waals surface area contributed by atoms with E-state index in [1.54, 1.807) is 6.07 Å². The van der Waals surface area contributed by atoms with Gasteiger partial charge in [0.05, 0.1) is 5.56 Å². The maximum atomic E-state index is 12.4. The lowest BCUT2D eigenvalue weighted by Crippen LogP contribution is -2.36. The van der Waals surface area contributed by atoms with Gasteiger partial charge in [0.1, 0.15) is 0 Å². The Hall–Kier alpha value is -2.30. The van der Waals surface area contributed by atoms with E-state index in [0.717, 1.165) is 36.6 Å². The molecule has 1 heterocycles. The molecule has 0 fully saturated rings. The minimum absolute atomic E-state index is 0.130. The van der Waals surface area contributed by atoms with Gasteiger partial charge < -0.3 is 15.0 Å². The second-order valence-electron chi connectivity index (χ2n) is 7.35. The van der Waals surface area contributed by atoms with Gasteiger partial charge in [-0.05, 0) is 61.8 Å². The van der Waals surface area contributed by atoms with Crippen LogP contribution in [0.3, 0.4) is 0 Å². The lowest BCUT2D eigenvalue weighted by atomic mass is 9.87. The summed E-state index contributed by atoms with van der Waals surface area (Å²) in [6.07, 6.45) is 5.01. The Morgan fingerprint density at radius 1 is 1.31 bits per heavy atom. The van der Waals surface area contributed by atoms with E-state index in [0.29, 0.717) is 11.5 Å². The van der Waals surface area contributed by atoms with Gasteiger partial charge in [0.2, 0.25) is 0 Å². The average Bonchev–Trinajstić information content (AvgIpc) is 3.01. The number of aromatic amines is 1. The first-order valence-corrected chi connectivity index (χ1v) is 9.61. The Balaban J connectivity index is 1.69. The molecular formula is C21H28N2O3. The van der Waals surface area contributed by atoms with Crippen LogP contribution in [-0.2, 0) is 22.4 Å². The zero-order chi connectivity index (χ0) is 18.7. The van der Waals surface area contributed by atoms with E-state index in [-0.39, 0.29) is 18.6 Å². The van der Waals surface area contributed by atoms with Gasteiger partial charge in [-0.3, -0.25) is 4.79 Å². The summed E-state index contributed by atoms with van der Waals surface area (Å²) in [7, 11) is 0. The van der Waals surface area contributed by atoms with Crippen molar-refractivity contribution in [1.29, 1.82) is 0 Å². The molecular weight excluding hydrogens is 328 g/mol. The van der Waals surface area contributed by atoms with Crippen LogP contribution in [0.1, 0.15) is 61.6 Å². The summed E-state index contributed by atoms with van der Waals surface area (Å²) in [6.45, 7) is 6.07. The number of amides is 1. The van der Waals surface area contributed by atoms with E-state index in [4.69, 9.17) is 4.74 Å². The number of hydrogen-bond donors (Lipinski definition) is 2. The van der Waals surface area contributed by atoms with Crippen LogP contribution in [0.4, 0.5) is 0 Å². The van der Waals surface area contributed by atoms with Crippen molar-refractivity contribution in [3.63, 3.8) is 0 Å². The fourth-order valence-electron chi connectivity index (χ4n) is 3.69. The number of rotatable bonds is 6. The normalized spacial score (nSPS) is 16.5. The van der Waals surface area contributed by atoms with Crippen LogP contribution in [0.2, 0.25) is 0 Å². The predicted octanol–water partition coefficient (Wildman–Crippen LogP) is 3.75. The van der Waals surface area contributed by atoms with Crippen molar-refractivity contribution in [3.8, 4) is 0 Å². The standard InChI is InChI=1S/C21H28N2O3/c1-4-15(5-2)22-20(24)12-26-21(25)14-7-9-19-17(11-14)16-10-13(3)6-8-18(16)23-19/h7,9,11,13,15,23H,4-6,8,10,12H2,1-3H3,(H,22,24)/t13-/m0/s1. The molecule has 1 aromatic carbocycles. The Labute approximate surface area is 154 Å². The summed E-state index contributed by atoms with van der Waals surface area (Å²) < 4.78 is 5.21. The number of aromatic nitrogens is 1. The van der Waals surface area contributed by atoms with Gasteiger partial charge in [0.25, 0.3) is 5.91 Å². The van der Waals surface area contributed by atoms with E-state index in [9.17, 15) is 9.59 Å². The molecule has 140 valence electrons. The van der Waals surface area contributed by atoms with Crippen LogP contribution in [-0.4, -0.2) is 29.5 Å². The van der Waals surface area contributed by atoms with E-state index < -0.39 is 5.97 Å². The molecule has 0 spiro atoms. The van der Waals surface area contributed by atoms with Crippen LogP contribution in [0.15, 0.2) is 18.2 Å². The molecule has 5 heteroatoms. The summed E-state index contributed by atoms with van der Waals surface area (Å²) in [5.41, 5.74) is 4.16. The highest BCUT2D eigenvalue weighted by molar-refractivity contribution is 5.97. The molecule has 1 atom stereocenters. The SMILES string of the molecule is CCC(CC)NC(=O)COC(=O)c1ccc2[nH]c3c(c2c1)C[C@@H](C)CC3. The summed E-state index contributed by atoms with van der Waals surface area (Å²) >= 11 is 0. The van der Waals surface area contributed by atoms with Crippen molar-refractivity contribution >= 4 is 22.8 Å². The highest BCUT2D eigenvalue weighted by Gasteiger charge is 2.21. The largest absolute Gasteiger partial charge is 0.452 e. The Morgan fingerprint density at radius 2 is 2.08 bits per heavy atom. The van der Waals surface area contributed by atoms with Crippen molar-refractivity contribution in [2.24, 2.45) is 5.92 Å². The molecule has 0 unspecified atom stereocenters. The number of fused-ring (bicyclic) bond motifs is 3. The maximum Gasteiger partial charge on any atom is 0.338 e. The first kappa shape index (κ1) is 18.5. The fraction of sp³-hybridized carbons (Fsp3) is 0.524. The first-order chi connectivity index (χ1) is 12.5. The third-order valence-corrected chi connectivity index (χ3v) is 5.36. The molecule has 26 heavy (non-hydrogen) atoms. The van der Waals surface area contributed by atoms with Crippen molar-refractivity contribution in [1.82, 2.24) is 10.3 Å². The number of ether oxygens (including phenoxy) is 1. The zero-order valence-electron chi connectivity index (χ0n) is 15.9. The number of benzene rings is 1. The molecule has 2 aromatic rings. The summed E-state index contributed by atoms with van der Waals surface area (Å²) in [6, 6.07) is 5.71. The maximum absolute atomic E-state index is 12.4. The lowest BCUT2D eigenvalue weighted by molar-refractivity contribution is -0.125. The molecule has 0 saturated heterocycles. The van der Waals surface area contributed by atoms with Crippen LogP contribution in [0, 0.1) is 5.92 Å². The second kappa shape index (κ2) is 7.94. The predicted molar refractivity (Wildman–Crippen MR) is 102 cm³/mol. The lowest BCUT2D eigenvalue weighted by Gasteiger charge is -2.18. The van der Waals surface area contributed by atoms with E-state index in [2.05, 4.69) is 17.2 Å². The van der Waals surface area contributed by atoms with Crippen LogP contribution >= 0.6 is 0 Å². The van der Waals surface area contributed by atoms with E-state index in [1.807, 2.05) is 26.0 Å². The van der Waals surface area contributed by atoms with Gasteiger partial charge in [0.15, 0.2) is 6.61 Å². The summed E-state index contributed by atoms with van der Waals surface area (Å²) in [5.74, 6) is -0.0442. The Morgan fingerprint density at radius 3 is 2.81 bits per heavy atom. The number of carbonyl (C=O) groups excluding carboxylic acids is 2. The van der Waals surface area contributed by atoms with Gasteiger partial charge in [-0.25, -0.2) is 4.79 Å². The highest BCUT2D eigenvalue weighted by Crippen LogP contribution is 2.32. The highest BCUT2D eigenvalue weighted by atomic mass is 16.5. The topological polar surface area (TPSA) is 71.2 Å². The smallest absolute Gasteiger partial charge is 0.338 e. The summed E-state index contributed by atoms with van der Waals surface area (Å²) in [5, 5.41) is 3.97. The number of H-pyrrole nitrogens is 1. The molecule has 1 amide bonds. The van der Waals surface area contributed by atoms with Gasteiger partial charge in [0, 0.05) is 22.6 Å². The molecule has 5 nitrogen and oxygen atoms in total. The molecule has 0 aliphatic heterocycles. The van der Waals surface area contributed by atoms with Gasteiger partial charge >= 0.3 is 5.97 Å². The number of hydrogen-bond acceptors (Lipinski definition) is 3. The van der Waals surface area contributed by atoms with Crippen molar-refractivity contribution in [2.45, 2.75) is 58.9 Å². The van der Waals surface area contributed by atoms with Crippen molar-refractivity contribution in [2.75, 3.05) is 6.61 Å². The number of esters is 1.